The largest absolute Gasteiger partial charge is 0.497 e. The summed E-state index contributed by atoms with van der Waals surface area (Å²) in [5, 5.41) is 4.31. The van der Waals surface area contributed by atoms with Crippen LogP contribution in [0.25, 0.3) is 0 Å². The molecule has 0 aliphatic carbocycles. The molecule has 1 N–H and O–H groups in total. The molecular weight excluding hydrogens is 257 g/mol. The molecule has 0 spiro atoms. The topological polar surface area (TPSA) is 21.3 Å². The summed E-state index contributed by atoms with van der Waals surface area (Å²) in [6.45, 7) is 0. The Bertz CT molecular complexity index is 511. The average Bonchev–Trinajstić information content (AvgIpc) is 2.35. The first-order chi connectivity index (χ1) is 8.19. The van der Waals surface area contributed by atoms with Gasteiger partial charge in [-0.1, -0.05) is 23.2 Å². The van der Waals surface area contributed by atoms with Crippen molar-refractivity contribution in [2.75, 3.05) is 12.4 Å². The van der Waals surface area contributed by atoms with Crippen LogP contribution >= 0.6 is 23.2 Å². The Balaban J connectivity index is 2.16. The molecular formula is C13H11Cl2NO. The zero-order valence-corrected chi connectivity index (χ0v) is 10.7. The van der Waals surface area contributed by atoms with Gasteiger partial charge in [0, 0.05) is 11.4 Å². The molecule has 0 aliphatic heterocycles. The van der Waals surface area contributed by atoms with E-state index in [1.165, 1.54) is 0 Å². The first kappa shape index (κ1) is 12.1. The van der Waals surface area contributed by atoms with Crippen LogP contribution in [0.3, 0.4) is 0 Å². The lowest BCUT2D eigenvalue weighted by atomic mass is 10.2. The van der Waals surface area contributed by atoms with Gasteiger partial charge in [-0.2, -0.15) is 0 Å². The average molecular weight is 268 g/mol. The standard InChI is InChI=1S/C13H11Cl2NO/c1-17-11-5-2-9(3-6-11)16-10-4-7-12(14)13(15)8-10/h2-8,16H,1H3. The molecule has 0 radical (unpaired) electrons. The van der Waals surface area contributed by atoms with Crippen LogP contribution in [-0.4, -0.2) is 7.11 Å². The Kier molecular flexibility index (Phi) is 3.77. The van der Waals surface area contributed by atoms with Gasteiger partial charge in [0.1, 0.15) is 5.75 Å². The molecule has 2 aromatic carbocycles. The number of rotatable bonds is 3. The van der Waals surface area contributed by atoms with E-state index in [0.29, 0.717) is 10.0 Å². The van der Waals surface area contributed by atoms with Crippen molar-refractivity contribution >= 4 is 34.6 Å². The Morgan fingerprint density at radius 2 is 1.53 bits per heavy atom. The third-order valence-electron chi connectivity index (χ3n) is 2.30. The van der Waals surface area contributed by atoms with Crippen molar-refractivity contribution in [2.45, 2.75) is 0 Å². The number of methoxy groups -OCH3 is 1. The number of hydrogen-bond acceptors (Lipinski definition) is 2. The number of anilines is 2. The van der Waals surface area contributed by atoms with Crippen LogP contribution < -0.4 is 10.1 Å². The molecule has 0 aliphatic rings. The van der Waals surface area contributed by atoms with Gasteiger partial charge in [0.2, 0.25) is 0 Å². The second-order valence-corrected chi connectivity index (χ2v) is 4.30. The Morgan fingerprint density at radius 1 is 0.882 bits per heavy atom. The molecule has 0 heterocycles. The van der Waals surface area contributed by atoms with E-state index < -0.39 is 0 Å². The maximum Gasteiger partial charge on any atom is 0.119 e. The fourth-order valence-corrected chi connectivity index (χ4v) is 1.71. The number of halogens is 2. The summed E-state index contributed by atoms with van der Waals surface area (Å²) in [4.78, 5) is 0. The van der Waals surface area contributed by atoms with Crippen molar-refractivity contribution in [3.8, 4) is 5.75 Å². The van der Waals surface area contributed by atoms with E-state index in [4.69, 9.17) is 27.9 Å². The predicted molar refractivity (Wildman–Crippen MR) is 72.7 cm³/mol. The zero-order valence-electron chi connectivity index (χ0n) is 9.21. The van der Waals surface area contributed by atoms with Crippen molar-refractivity contribution in [1.29, 1.82) is 0 Å². The van der Waals surface area contributed by atoms with Gasteiger partial charge in [-0.25, -0.2) is 0 Å². The predicted octanol–water partition coefficient (Wildman–Crippen LogP) is 4.75. The van der Waals surface area contributed by atoms with E-state index in [1.54, 1.807) is 19.2 Å². The molecule has 0 unspecified atom stereocenters. The van der Waals surface area contributed by atoms with Gasteiger partial charge >= 0.3 is 0 Å². The van der Waals surface area contributed by atoms with Crippen LogP contribution in [0.2, 0.25) is 10.0 Å². The molecule has 2 rings (SSSR count). The molecule has 0 bridgehead atoms. The van der Waals surface area contributed by atoms with Crippen molar-refractivity contribution in [3.05, 3.63) is 52.5 Å². The first-order valence-electron chi connectivity index (χ1n) is 5.05. The highest BCUT2D eigenvalue weighted by molar-refractivity contribution is 6.42. The van der Waals surface area contributed by atoms with Gasteiger partial charge in [-0.05, 0) is 42.5 Å². The van der Waals surface area contributed by atoms with Crippen molar-refractivity contribution < 1.29 is 4.74 Å². The summed E-state index contributed by atoms with van der Waals surface area (Å²) >= 11 is 11.8. The van der Waals surface area contributed by atoms with Crippen LogP contribution in [-0.2, 0) is 0 Å². The SMILES string of the molecule is COc1ccc(Nc2ccc(Cl)c(Cl)c2)cc1. The number of ether oxygens (including phenoxy) is 1. The maximum absolute atomic E-state index is 5.94. The minimum absolute atomic E-state index is 0.533. The normalized spacial score (nSPS) is 10.1. The molecule has 2 nitrogen and oxygen atoms in total. The number of hydrogen-bond donors (Lipinski definition) is 1. The molecule has 0 saturated carbocycles. The quantitative estimate of drug-likeness (QED) is 0.867. The van der Waals surface area contributed by atoms with Gasteiger partial charge in [-0.15, -0.1) is 0 Å². The van der Waals surface area contributed by atoms with E-state index in [0.717, 1.165) is 17.1 Å². The molecule has 0 saturated heterocycles. The summed E-state index contributed by atoms with van der Waals surface area (Å²) in [6.07, 6.45) is 0. The first-order valence-corrected chi connectivity index (χ1v) is 5.81. The lowest BCUT2D eigenvalue weighted by molar-refractivity contribution is 0.415. The molecule has 0 fully saturated rings. The highest BCUT2D eigenvalue weighted by Gasteiger charge is 2.00. The lowest BCUT2D eigenvalue weighted by Crippen LogP contribution is -1.90. The van der Waals surface area contributed by atoms with E-state index in [-0.39, 0.29) is 0 Å². The molecule has 4 heteroatoms. The van der Waals surface area contributed by atoms with E-state index >= 15 is 0 Å². The van der Waals surface area contributed by atoms with Gasteiger partial charge in [0.25, 0.3) is 0 Å². The van der Waals surface area contributed by atoms with Crippen molar-refractivity contribution in [1.82, 2.24) is 0 Å². The fraction of sp³-hybridized carbons (Fsp3) is 0.0769. The lowest BCUT2D eigenvalue weighted by Gasteiger charge is -2.08. The van der Waals surface area contributed by atoms with Crippen molar-refractivity contribution in [3.63, 3.8) is 0 Å². The summed E-state index contributed by atoms with van der Waals surface area (Å²) in [5.41, 5.74) is 1.86. The van der Waals surface area contributed by atoms with Crippen LogP contribution in [0.15, 0.2) is 42.5 Å². The molecule has 2 aromatic rings. The monoisotopic (exact) mass is 267 g/mol. The van der Waals surface area contributed by atoms with Crippen molar-refractivity contribution in [2.24, 2.45) is 0 Å². The second kappa shape index (κ2) is 5.30. The summed E-state index contributed by atoms with van der Waals surface area (Å²) in [7, 11) is 1.64. The minimum Gasteiger partial charge on any atom is -0.497 e. The second-order valence-electron chi connectivity index (χ2n) is 3.48. The van der Waals surface area contributed by atoms with E-state index in [2.05, 4.69) is 5.32 Å². The summed E-state index contributed by atoms with van der Waals surface area (Å²) in [6, 6.07) is 13.1. The highest BCUT2D eigenvalue weighted by Crippen LogP contribution is 2.27. The molecule has 88 valence electrons. The Morgan fingerprint density at radius 3 is 2.12 bits per heavy atom. The number of nitrogens with one attached hydrogen (secondary N) is 1. The Hall–Kier alpha value is -1.38. The third-order valence-corrected chi connectivity index (χ3v) is 3.04. The van der Waals surface area contributed by atoms with Crippen LogP contribution in [0.5, 0.6) is 5.75 Å². The zero-order chi connectivity index (χ0) is 12.3. The van der Waals surface area contributed by atoms with Gasteiger partial charge < -0.3 is 10.1 Å². The van der Waals surface area contributed by atoms with E-state index in [9.17, 15) is 0 Å². The molecule has 0 aromatic heterocycles. The van der Waals surface area contributed by atoms with Gasteiger partial charge in [0.05, 0.1) is 17.2 Å². The van der Waals surface area contributed by atoms with E-state index in [1.807, 2.05) is 30.3 Å². The fourth-order valence-electron chi connectivity index (χ4n) is 1.41. The smallest absolute Gasteiger partial charge is 0.119 e. The maximum atomic E-state index is 5.94. The Labute approximate surface area is 110 Å². The number of benzene rings is 2. The van der Waals surface area contributed by atoms with Crippen LogP contribution in [0.4, 0.5) is 11.4 Å². The summed E-state index contributed by atoms with van der Waals surface area (Å²) < 4.78 is 5.09. The highest BCUT2D eigenvalue weighted by atomic mass is 35.5. The minimum atomic E-state index is 0.533. The third kappa shape index (κ3) is 3.05. The van der Waals surface area contributed by atoms with Gasteiger partial charge in [-0.3, -0.25) is 0 Å². The van der Waals surface area contributed by atoms with Crippen LogP contribution in [0.1, 0.15) is 0 Å². The molecule has 0 atom stereocenters. The molecule has 0 amide bonds. The van der Waals surface area contributed by atoms with Gasteiger partial charge in [0.15, 0.2) is 0 Å². The van der Waals surface area contributed by atoms with Crippen LogP contribution in [0, 0.1) is 0 Å². The molecule has 17 heavy (non-hydrogen) atoms. The summed E-state index contributed by atoms with van der Waals surface area (Å²) in [5.74, 6) is 0.824.